The molecule has 1 unspecified atom stereocenters. The minimum absolute atomic E-state index is 0.0579. The highest BCUT2D eigenvalue weighted by Crippen LogP contribution is 2.32. The maximum atomic E-state index is 13.9. The number of anilines is 1. The van der Waals surface area contributed by atoms with Crippen LogP contribution >= 0.6 is 0 Å². The molecule has 11 heteroatoms. The van der Waals surface area contributed by atoms with Gasteiger partial charge in [-0.3, -0.25) is 9.52 Å². The van der Waals surface area contributed by atoms with E-state index in [1.165, 1.54) is 0 Å². The Morgan fingerprint density at radius 3 is 2.57 bits per heavy atom. The van der Waals surface area contributed by atoms with Crippen LogP contribution in [0.1, 0.15) is 23.9 Å². The van der Waals surface area contributed by atoms with E-state index in [0.717, 1.165) is 29.0 Å². The Morgan fingerprint density at radius 1 is 1.09 bits per heavy atom. The molecular formula is C33H37N7O3S. The monoisotopic (exact) mass is 611 g/mol. The number of hydrogen-bond donors (Lipinski definition) is 1. The first kappa shape index (κ1) is 30.8. The molecule has 10 nitrogen and oxygen atoms in total. The lowest BCUT2D eigenvalue weighted by atomic mass is 9.97. The number of hydrogen-bond acceptors (Lipinski definition) is 7. The van der Waals surface area contributed by atoms with Gasteiger partial charge in [-0.05, 0) is 74.6 Å². The molecule has 2 heterocycles. The third-order valence-corrected chi connectivity index (χ3v) is 9.37. The number of carbonyl (C=O) groups is 1. The number of carbonyl (C=O) groups excluding carboxylic acids is 1. The molecule has 44 heavy (non-hydrogen) atoms. The highest BCUT2D eigenvalue weighted by atomic mass is 32.2. The first-order valence-electron chi connectivity index (χ1n) is 14.5. The van der Waals surface area contributed by atoms with Crippen LogP contribution in [-0.2, 0) is 28.3 Å². The Kier molecular flexibility index (Phi) is 9.04. The Bertz CT molecular complexity index is 1830. The fourth-order valence-corrected chi connectivity index (χ4v) is 6.81. The SMILES string of the molecule is CCN(CCN(C)C)C(=O)CN1C=CC=C2C=CC=C(S(=O)(=O)Nc3ccc4c(c3)nc(Cc3ccc(C#N)cc3)n4C)C21. The van der Waals surface area contributed by atoms with Crippen LogP contribution in [0.25, 0.3) is 11.0 Å². The van der Waals surface area contributed by atoms with Crippen LogP contribution in [0.2, 0.25) is 0 Å². The molecule has 0 bridgehead atoms. The van der Waals surface area contributed by atoms with E-state index in [1.807, 2.05) is 74.0 Å². The van der Waals surface area contributed by atoms with Crippen LogP contribution < -0.4 is 4.72 Å². The molecule has 0 saturated heterocycles. The van der Waals surface area contributed by atoms with E-state index < -0.39 is 16.1 Å². The van der Waals surface area contributed by atoms with Gasteiger partial charge in [-0.25, -0.2) is 13.4 Å². The van der Waals surface area contributed by atoms with Crippen LogP contribution in [0, 0.1) is 11.3 Å². The van der Waals surface area contributed by atoms with Crippen molar-refractivity contribution in [3.8, 4) is 6.07 Å². The Morgan fingerprint density at radius 2 is 1.86 bits per heavy atom. The second-order valence-electron chi connectivity index (χ2n) is 11.2. The molecule has 228 valence electrons. The number of imidazole rings is 1. The first-order chi connectivity index (χ1) is 21.1. The van der Waals surface area contributed by atoms with Crippen molar-refractivity contribution in [2.75, 3.05) is 45.0 Å². The van der Waals surface area contributed by atoms with E-state index in [4.69, 9.17) is 10.2 Å². The summed E-state index contributed by atoms with van der Waals surface area (Å²) in [5.74, 6) is 0.762. The minimum Gasteiger partial charge on any atom is -0.356 e. The van der Waals surface area contributed by atoms with Crippen molar-refractivity contribution in [2.24, 2.45) is 7.05 Å². The molecule has 1 aromatic heterocycles. The second-order valence-corrected chi connectivity index (χ2v) is 12.9. The van der Waals surface area contributed by atoms with Gasteiger partial charge in [-0.15, -0.1) is 0 Å². The average molecular weight is 612 g/mol. The summed E-state index contributed by atoms with van der Waals surface area (Å²) in [6.07, 6.45) is 11.3. The maximum absolute atomic E-state index is 13.9. The number of nitrogens with one attached hydrogen (secondary N) is 1. The third kappa shape index (κ3) is 6.61. The van der Waals surface area contributed by atoms with Crippen molar-refractivity contribution >= 4 is 32.7 Å². The molecule has 3 aromatic rings. The van der Waals surface area contributed by atoms with Crippen LogP contribution in [0.5, 0.6) is 0 Å². The number of fused-ring (bicyclic) bond motifs is 2. The van der Waals surface area contributed by atoms with Gasteiger partial charge in [0.05, 0.1) is 45.8 Å². The zero-order valence-corrected chi connectivity index (χ0v) is 26.3. The molecule has 0 spiro atoms. The Labute approximate surface area is 258 Å². The number of amides is 1. The highest BCUT2D eigenvalue weighted by Gasteiger charge is 2.35. The summed E-state index contributed by atoms with van der Waals surface area (Å²) in [5.41, 5.74) is 4.36. The lowest BCUT2D eigenvalue weighted by molar-refractivity contribution is -0.132. The molecule has 1 N–H and O–H groups in total. The minimum atomic E-state index is -4.00. The van der Waals surface area contributed by atoms with E-state index >= 15 is 0 Å². The number of nitriles is 1. The van der Waals surface area contributed by atoms with Gasteiger partial charge in [-0.1, -0.05) is 30.4 Å². The first-order valence-corrected chi connectivity index (χ1v) is 16.0. The zero-order valence-electron chi connectivity index (χ0n) is 25.4. The van der Waals surface area contributed by atoms with Crippen molar-refractivity contribution in [1.29, 1.82) is 5.26 Å². The van der Waals surface area contributed by atoms with Gasteiger partial charge >= 0.3 is 0 Å². The third-order valence-electron chi connectivity index (χ3n) is 7.88. The molecule has 0 fully saturated rings. The van der Waals surface area contributed by atoms with Gasteiger partial charge in [0.15, 0.2) is 0 Å². The molecule has 0 radical (unpaired) electrons. The van der Waals surface area contributed by atoms with Gasteiger partial charge in [0.2, 0.25) is 5.91 Å². The summed E-state index contributed by atoms with van der Waals surface area (Å²) >= 11 is 0. The van der Waals surface area contributed by atoms with Gasteiger partial charge < -0.3 is 19.3 Å². The molecule has 1 atom stereocenters. The largest absolute Gasteiger partial charge is 0.356 e. The standard InChI is InChI=1S/C33H37N7O3S/c1-5-39(19-18-37(2)3)32(41)23-40-17-7-9-26-8-6-10-30(33(26)40)44(42,43)36-27-15-16-29-28(21-27)35-31(38(29)4)20-24-11-13-25(22-34)14-12-24/h6-17,21,33,36H,5,18-20,23H2,1-4H3. The maximum Gasteiger partial charge on any atom is 0.260 e. The van der Waals surface area contributed by atoms with Gasteiger partial charge in [0, 0.05) is 39.3 Å². The van der Waals surface area contributed by atoms with Crippen LogP contribution in [0.3, 0.4) is 0 Å². The molecule has 2 aromatic carbocycles. The predicted octanol–water partition coefficient (Wildman–Crippen LogP) is 3.77. The van der Waals surface area contributed by atoms with E-state index in [0.29, 0.717) is 36.3 Å². The number of sulfonamides is 1. The summed E-state index contributed by atoms with van der Waals surface area (Å²) in [4.78, 5) is 23.8. The number of likely N-dealkylation sites (N-methyl/N-ethyl adjacent to an activating group) is 2. The number of benzene rings is 2. The average Bonchev–Trinajstić information content (AvgIpc) is 3.31. The summed E-state index contributed by atoms with van der Waals surface area (Å²) < 4.78 is 32.5. The molecule has 1 aliphatic heterocycles. The topological polar surface area (TPSA) is 115 Å². The van der Waals surface area contributed by atoms with Crippen molar-refractivity contribution in [3.63, 3.8) is 0 Å². The fourth-order valence-electron chi connectivity index (χ4n) is 5.43. The Hall–Kier alpha value is -4.66. The molecule has 2 aliphatic rings. The van der Waals surface area contributed by atoms with Crippen molar-refractivity contribution in [2.45, 2.75) is 19.4 Å². The van der Waals surface area contributed by atoms with Crippen LogP contribution in [-0.4, -0.2) is 84.9 Å². The molecule has 0 saturated carbocycles. The molecule has 1 amide bonds. The second kappa shape index (κ2) is 12.9. The Balaban J connectivity index is 1.35. The number of aromatic nitrogens is 2. The molecule has 5 rings (SSSR count). The number of aryl methyl sites for hydroxylation is 1. The van der Waals surface area contributed by atoms with E-state index in [2.05, 4.69) is 10.8 Å². The summed E-state index contributed by atoms with van der Waals surface area (Å²) in [6, 6.07) is 14.2. The van der Waals surface area contributed by atoms with Gasteiger partial charge in [0.1, 0.15) is 5.82 Å². The van der Waals surface area contributed by atoms with Crippen molar-refractivity contribution < 1.29 is 13.2 Å². The van der Waals surface area contributed by atoms with E-state index in [9.17, 15) is 13.2 Å². The molecular weight excluding hydrogens is 574 g/mol. The quantitative estimate of drug-likeness (QED) is 0.351. The number of allylic oxidation sites excluding steroid dienone is 4. The van der Waals surface area contributed by atoms with E-state index in [1.54, 1.807) is 52.4 Å². The summed E-state index contributed by atoms with van der Waals surface area (Å²) in [6.45, 7) is 3.92. The number of nitrogens with zero attached hydrogens (tertiary/aromatic N) is 6. The van der Waals surface area contributed by atoms with Gasteiger partial charge in [-0.2, -0.15) is 5.26 Å². The molecule has 1 aliphatic carbocycles. The normalized spacial score (nSPS) is 16.0. The van der Waals surface area contributed by atoms with E-state index in [-0.39, 0.29) is 17.4 Å². The highest BCUT2D eigenvalue weighted by molar-refractivity contribution is 7.96. The summed E-state index contributed by atoms with van der Waals surface area (Å²) in [5, 5.41) is 9.07. The number of rotatable bonds is 11. The lowest BCUT2D eigenvalue weighted by Crippen LogP contribution is -2.47. The zero-order chi connectivity index (χ0) is 31.4. The summed E-state index contributed by atoms with van der Waals surface area (Å²) in [7, 11) is 1.86. The van der Waals surface area contributed by atoms with Gasteiger partial charge in [0.25, 0.3) is 10.0 Å². The van der Waals surface area contributed by atoms with Crippen LogP contribution in [0.4, 0.5) is 5.69 Å². The smallest absolute Gasteiger partial charge is 0.260 e. The lowest BCUT2D eigenvalue weighted by Gasteiger charge is -2.37. The fraction of sp³-hybridized carbons (Fsp3) is 0.303. The predicted molar refractivity (Wildman–Crippen MR) is 173 cm³/mol. The van der Waals surface area contributed by atoms with Crippen molar-refractivity contribution in [3.05, 3.63) is 106 Å². The van der Waals surface area contributed by atoms with Crippen molar-refractivity contribution in [1.82, 2.24) is 24.3 Å². The van der Waals surface area contributed by atoms with Crippen LogP contribution in [0.15, 0.2) is 89.5 Å².